The van der Waals surface area contributed by atoms with Gasteiger partial charge < -0.3 is 20.9 Å². The lowest BCUT2D eigenvalue weighted by Gasteiger charge is -2.00. The predicted molar refractivity (Wildman–Crippen MR) is 71.3 cm³/mol. The smallest absolute Gasteiger partial charge is 0.413 e. The number of aliphatic carboxylic acids is 1. The van der Waals surface area contributed by atoms with E-state index in [9.17, 15) is 9.59 Å². The van der Waals surface area contributed by atoms with Crippen LogP contribution < -0.4 is 0 Å². The van der Waals surface area contributed by atoms with E-state index in [2.05, 4.69) is 16.5 Å². The van der Waals surface area contributed by atoms with Gasteiger partial charge in [-0.2, -0.15) is 9.58 Å². The third-order valence-electron chi connectivity index (χ3n) is 2.07. The highest BCUT2D eigenvalue weighted by molar-refractivity contribution is 6.20. The van der Waals surface area contributed by atoms with Crippen molar-refractivity contribution in [1.29, 1.82) is 0 Å². The van der Waals surface area contributed by atoms with Gasteiger partial charge in [-0.15, -0.1) is 0 Å². The molecule has 0 bridgehead atoms. The number of rotatable bonds is 9. The standard InChI is InChI=1S/C10H18N2O2.C2H2N2O2/c1-2-3-4-5-6-7-8-14-10(13)9-12-11;3-4-1-2(5)6/h9H,2-8H2,1H3;1H,(H,5,6). The number of ether oxygens (including phenoxy) is 1. The van der Waals surface area contributed by atoms with Crippen LogP contribution in [0.1, 0.15) is 45.4 Å². The number of carbonyl (C=O) groups is 2. The first-order valence-electron chi connectivity index (χ1n) is 6.33. The fourth-order valence-corrected chi connectivity index (χ4v) is 1.19. The number of hydrogen-bond acceptors (Lipinski definition) is 3. The molecule has 0 saturated heterocycles. The predicted octanol–water partition coefficient (Wildman–Crippen LogP) is 1.56. The maximum atomic E-state index is 10.6. The Kier molecular flexibility index (Phi) is 16.7. The lowest BCUT2D eigenvalue weighted by Crippen LogP contribution is -2.07. The van der Waals surface area contributed by atoms with Crippen molar-refractivity contribution in [2.45, 2.75) is 45.4 Å². The number of carboxylic acid groups (broad SMARTS) is 1. The van der Waals surface area contributed by atoms with Gasteiger partial charge in [0.2, 0.25) is 0 Å². The summed E-state index contributed by atoms with van der Waals surface area (Å²) in [7, 11) is 0. The summed E-state index contributed by atoms with van der Waals surface area (Å²) in [6, 6.07) is 0. The van der Waals surface area contributed by atoms with Crippen LogP contribution in [0.25, 0.3) is 11.1 Å². The molecule has 0 saturated carbocycles. The first kappa shape index (κ1) is 20.0. The van der Waals surface area contributed by atoms with E-state index in [1.54, 1.807) is 0 Å². The molecule has 0 aromatic heterocycles. The molecular formula is C12H20N4O4. The van der Waals surface area contributed by atoms with E-state index in [1.807, 2.05) is 0 Å². The second kappa shape index (κ2) is 16.7. The molecule has 0 aliphatic carbocycles. The lowest BCUT2D eigenvalue weighted by molar-refractivity contribution is -0.139. The van der Waals surface area contributed by atoms with Gasteiger partial charge >= 0.3 is 24.4 Å². The van der Waals surface area contributed by atoms with Crippen LogP contribution in [0.4, 0.5) is 0 Å². The number of unbranched alkanes of at least 4 members (excludes halogenated alkanes) is 5. The summed E-state index contributed by atoms with van der Waals surface area (Å²) in [5.74, 6) is -1.83. The Balaban J connectivity index is 0. The first-order chi connectivity index (χ1) is 9.58. The van der Waals surface area contributed by atoms with Crippen LogP contribution in [0.2, 0.25) is 0 Å². The quantitative estimate of drug-likeness (QED) is 0.226. The van der Waals surface area contributed by atoms with Gasteiger partial charge in [0.05, 0.1) is 6.61 Å². The Bertz CT molecular complexity index is 372. The molecule has 20 heavy (non-hydrogen) atoms. The number of hydrogen-bond donors (Lipinski definition) is 1. The van der Waals surface area contributed by atoms with Crippen LogP contribution in [0.5, 0.6) is 0 Å². The molecule has 8 heteroatoms. The van der Waals surface area contributed by atoms with Crippen LogP contribution in [0, 0.1) is 0 Å². The molecule has 0 aromatic rings. The Labute approximate surface area is 117 Å². The van der Waals surface area contributed by atoms with Crippen LogP contribution in [-0.2, 0) is 14.3 Å². The summed E-state index contributed by atoms with van der Waals surface area (Å²) in [5, 5.41) is 7.60. The average Bonchev–Trinajstić information content (AvgIpc) is 2.38. The van der Waals surface area contributed by atoms with Crippen molar-refractivity contribution < 1.29 is 29.0 Å². The molecule has 0 aliphatic rings. The molecule has 0 atom stereocenters. The van der Waals surface area contributed by atoms with Crippen molar-refractivity contribution in [2.24, 2.45) is 0 Å². The van der Waals surface area contributed by atoms with Gasteiger partial charge in [-0.1, -0.05) is 39.0 Å². The highest BCUT2D eigenvalue weighted by atomic mass is 16.5. The minimum Gasteiger partial charge on any atom is -0.473 e. The summed E-state index contributed by atoms with van der Waals surface area (Å²) in [6.45, 7) is 2.59. The van der Waals surface area contributed by atoms with Crippen molar-refractivity contribution in [2.75, 3.05) is 6.61 Å². The molecule has 112 valence electrons. The average molecular weight is 284 g/mol. The second-order valence-electron chi connectivity index (χ2n) is 3.76. The Morgan fingerprint density at radius 2 is 1.60 bits per heavy atom. The Hall–Kier alpha value is -2.30. The third-order valence-corrected chi connectivity index (χ3v) is 2.07. The number of nitrogens with zero attached hydrogens (tertiary/aromatic N) is 4. The molecule has 8 nitrogen and oxygen atoms in total. The Morgan fingerprint density at radius 3 is 2.05 bits per heavy atom. The summed E-state index contributed by atoms with van der Waals surface area (Å²) >= 11 is 0. The molecular weight excluding hydrogens is 264 g/mol. The van der Waals surface area contributed by atoms with Crippen molar-refractivity contribution in [3.8, 4) is 0 Å². The molecule has 0 unspecified atom stereocenters. The van der Waals surface area contributed by atoms with Gasteiger partial charge in [-0.25, -0.2) is 9.59 Å². The van der Waals surface area contributed by atoms with Gasteiger partial charge in [0, 0.05) is 0 Å². The number of carboxylic acids is 1. The van der Waals surface area contributed by atoms with Crippen molar-refractivity contribution >= 4 is 24.4 Å². The summed E-state index contributed by atoms with van der Waals surface area (Å²) in [5.41, 5.74) is 15.4. The first-order valence-corrected chi connectivity index (χ1v) is 6.33. The third kappa shape index (κ3) is 21.0. The minimum absolute atomic E-state index is 0.389. The molecule has 0 aliphatic heterocycles. The summed E-state index contributed by atoms with van der Waals surface area (Å²) in [6.07, 6.45) is 8.08. The zero-order chi connectivity index (χ0) is 15.6. The van der Waals surface area contributed by atoms with Gasteiger partial charge in [0.1, 0.15) is 0 Å². The van der Waals surface area contributed by atoms with E-state index >= 15 is 0 Å². The zero-order valence-electron chi connectivity index (χ0n) is 11.6. The topological polar surface area (TPSA) is 136 Å². The maximum absolute atomic E-state index is 10.6. The van der Waals surface area contributed by atoms with E-state index in [4.69, 9.17) is 20.9 Å². The highest BCUT2D eigenvalue weighted by Crippen LogP contribution is 2.04. The van der Waals surface area contributed by atoms with Crippen LogP contribution in [0.3, 0.4) is 0 Å². The van der Waals surface area contributed by atoms with Crippen molar-refractivity contribution in [1.82, 2.24) is 0 Å². The fraction of sp³-hybridized carbons (Fsp3) is 0.667. The van der Waals surface area contributed by atoms with Crippen molar-refractivity contribution in [3.63, 3.8) is 0 Å². The molecule has 0 radical (unpaired) electrons. The fourth-order valence-electron chi connectivity index (χ4n) is 1.19. The van der Waals surface area contributed by atoms with Gasteiger partial charge in [-0.05, 0) is 6.42 Å². The maximum Gasteiger partial charge on any atom is 0.413 e. The second-order valence-corrected chi connectivity index (χ2v) is 3.76. The van der Waals surface area contributed by atoms with Gasteiger partial charge in [0.15, 0.2) is 0 Å². The van der Waals surface area contributed by atoms with E-state index in [0.717, 1.165) is 19.1 Å². The SMILES string of the molecule is CCCCCCCCOC(=O)C=[N+]=[N-].[N-]=[N+]=CC(=O)O. The molecule has 0 amide bonds. The lowest BCUT2D eigenvalue weighted by atomic mass is 10.1. The van der Waals surface area contributed by atoms with Gasteiger partial charge in [-0.3, -0.25) is 0 Å². The zero-order valence-corrected chi connectivity index (χ0v) is 11.6. The number of esters is 1. The van der Waals surface area contributed by atoms with E-state index in [0.29, 0.717) is 12.8 Å². The van der Waals surface area contributed by atoms with E-state index < -0.39 is 11.9 Å². The van der Waals surface area contributed by atoms with Crippen molar-refractivity contribution in [3.05, 3.63) is 11.1 Å². The normalized spacial score (nSPS) is 8.25. The van der Waals surface area contributed by atoms with Crippen LogP contribution in [0.15, 0.2) is 0 Å². The van der Waals surface area contributed by atoms with E-state index in [-0.39, 0.29) is 0 Å². The molecule has 0 spiro atoms. The van der Waals surface area contributed by atoms with Gasteiger partial charge in [0.25, 0.3) is 0 Å². The number of carbonyl (C=O) groups excluding carboxylic acids is 1. The van der Waals surface area contributed by atoms with Crippen LogP contribution in [-0.4, -0.2) is 45.7 Å². The van der Waals surface area contributed by atoms with Crippen LogP contribution >= 0.6 is 0 Å². The molecule has 0 aromatic carbocycles. The highest BCUT2D eigenvalue weighted by Gasteiger charge is 2.01. The summed E-state index contributed by atoms with van der Waals surface area (Å²) in [4.78, 5) is 24.7. The minimum atomic E-state index is -1.25. The largest absolute Gasteiger partial charge is 0.473 e. The molecule has 0 heterocycles. The molecule has 0 rings (SSSR count). The van der Waals surface area contributed by atoms with E-state index in [1.165, 1.54) is 25.7 Å². The molecule has 0 fully saturated rings. The Morgan fingerprint density at radius 1 is 1.05 bits per heavy atom. The monoisotopic (exact) mass is 284 g/mol. The molecule has 1 N–H and O–H groups in total. The summed E-state index contributed by atoms with van der Waals surface area (Å²) < 4.78 is 4.74.